The third-order valence-electron chi connectivity index (χ3n) is 3.93. The highest BCUT2D eigenvalue weighted by Crippen LogP contribution is 2.39. The molecule has 1 aliphatic rings. The largest absolute Gasteiger partial charge is 0.451 e. The van der Waals surface area contributed by atoms with E-state index in [1.54, 1.807) is 0 Å². The molecule has 0 spiro atoms. The number of aryl methyl sites for hydroxylation is 1. The minimum atomic E-state index is -1.01. The number of nitrogens with one attached hydrogen (secondary N) is 1. The second-order valence-corrected chi connectivity index (χ2v) is 8.34. The zero-order valence-electron chi connectivity index (χ0n) is 13.9. The molecule has 0 saturated heterocycles. The van der Waals surface area contributed by atoms with Crippen molar-refractivity contribution in [1.29, 1.82) is 0 Å². The van der Waals surface area contributed by atoms with Crippen LogP contribution in [-0.2, 0) is 22.4 Å². The monoisotopic (exact) mass is 481 g/mol. The number of nitrogens with zero attached hydrogens (tertiary/aromatic N) is 1. The maximum atomic E-state index is 12.2. The third-order valence-corrected chi connectivity index (χ3v) is 6.82. The lowest BCUT2D eigenvalue weighted by Crippen LogP contribution is -2.23. The summed E-state index contributed by atoms with van der Waals surface area (Å²) in [5.41, 5.74) is 6.23. The van der Waals surface area contributed by atoms with Crippen molar-refractivity contribution in [2.24, 2.45) is 5.73 Å². The summed E-state index contributed by atoms with van der Waals surface area (Å²) in [6.45, 7) is -0.643. The van der Waals surface area contributed by atoms with Crippen LogP contribution in [0.25, 0.3) is 0 Å². The van der Waals surface area contributed by atoms with Gasteiger partial charge < -0.3 is 15.8 Å². The van der Waals surface area contributed by atoms with Gasteiger partial charge >= 0.3 is 5.97 Å². The molecular weight excluding hydrogens is 472 g/mol. The number of primary amides is 1. The molecule has 12 heteroatoms. The molecule has 148 valence electrons. The second-order valence-electron chi connectivity index (χ2n) is 5.74. The molecule has 3 N–H and O–H groups in total. The average molecular weight is 483 g/mol. The Hall–Kier alpha value is -1.58. The van der Waals surface area contributed by atoms with Gasteiger partial charge in [-0.05, 0) is 24.8 Å². The Kier molecular flexibility index (Phi) is 6.36. The van der Waals surface area contributed by atoms with Crippen LogP contribution < -0.4 is 11.1 Å². The van der Waals surface area contributed by atoms with Gasteiger partial charge in [-0.25, -0.2) is 9.78 Å². The highest BCUT2D eigenvalue weighted by molar-refractivity contribution is 7.17. The average Bonchev–Trinajstić information content (AvgIpc) is 3.21. The number of ether oxygens (including phenoxy) is 1. The van der Waals surface area contributed by atoms with E-state index in [9.17, 15) is 14.4 Å². The van der Waals surface area contributed by atoms with E-state index < -0.39 is 24.4 Å². The number of anilines is 1. The molecule has 3 rings (SSSR count). The summed E-state index contributed by atoms with van der Waals surface area (Å²) >= 11 is 24.6. The fourth-order valence-corrected chi connectivity index (χ4v) is 4.85. The number of halogens is 4. The highest BCUT2D eigenvalue weighted by Gasteiger charge is 2.27. The quantitative estimate of drug-likeness (QED) is 0.491. The summed E-state index contributed by atoms with van der Waals surface area (Å²) in [7, 11) is 0. The van der Waals surface area contributed by atoms with Crippen molar-refractivity contribution in [3.05, 3.63) is 41.9 Å². The van der Waals surface area contributed by atoms with Crippen molar-refractivity contribution in [3.8, 4) is 0 Å². The van der Waals surface area contributed by atoms with Gasteiger partial charge in [0.2, 0.25) is 0 Å². The maximum absolute atomic E-state index is 12.2. The molecule has 0 saturated carbocycles. The Labute approximate surface area is 183 Å². The van der Waals surface area contributed by atoms with Crippen molar-refractivity contribution >= 4 is 80.5 Å². The molecule has 0 aromatic carbocycles. The van der Waals surface area contributed by atoms with Gasteiger partial charge in [-0.2, -0.15) is 0 Å². The van der Waals surface area contributed by atoms with Crippen LogP contribution >= 0.6 is 57.7 Å². The van der Waals surface area contributed by atoms with E-state index in [1.807, 2.05) is 0 Å². The number of hydrogen-bond acceptors (Lipinski definition) is 6. The molecule has 0 aliphatic heterocycles. The lowest BCUT2D eigenvalue weighted by Gasteiger charge is -2.09. The number of rotatable bonds is 5. The van der Waals surface area contributed by atoms with E-state index in [4.69, 9.17) is 56.9 Å². The third kappa shape index (κ3) is 4.06. The van der Waals surface area contributed by atoms with Gasteiger partial charge in [0.1, 0.15) is 10.2 Å². The summed E-state index contributed by atoms with van der Waals surface area (Å²) in [4.78, 5) is 40.8. The number of esters is 1. The maximum Gasteiger partial charge on any atom is 0.359 e. The van der Waals surface area contributed by atoms with Crippen molar-refractivity contribution in [2.75, 3.05) is 11.9 Å². The molecule has 2 aromatic rings. The summed E-state index contributed by atoms with van der Waals surface area (Å²) < 4.78 is 4.90. The van der Waals surface area contributed by atoms with Crippen LogP contribution in [0.15, 0.2) is 0 Å². The van der Waals surface area contributed by atoms with Crippen molar-refractivity contribution in [1.82, 2.24) is 4.98 Å². The lowest BCUT2D eigenvalue weighted by molar-refractivity contribution is -0.119. The number of thiophene rings is 1. The molecule has 2 heterocycles. The van der Waals surface area contributed by atoms with Crippen LogP contribution in [-0.4, -0.2) is 29.4 Å². The Morgan fingerprint density at radius 3 is 2.50 bits per heavy atom. The van der Waals surface area contributed by atoms with Crippen LogP contribution in [0, 0.1) is 0 Å². The first-order chi connectivity index (χ1) is 13.2. The van der Waals surface area contributed by atoms with E-state index in [-0.39, 0.29) is 25.9 Å². The van der Waals surface area contributed by atoms with Gasteiger partial charge in [-0.15, -0.1) is 11.3 Å². The molecule has 2 amide bonds. The summed E-state index contributed by atoms with van der Waals surface area (Å²) in [5.74, 6) is -2.28. The topological polar surface area (TPSA) is 111 Å². The van der Waals surface area contributed by atoms with Crippen molar-refractivity contribution in [3.63, 3.8) is 0 Å². The number of amides is 2. The van der Waals surface area contributed by atoms with E-state index in [2.05, 4.69) is 10.3 Å². The molecule has 28 heavy (non-hydrogen) atoms. The van der Waals surface area contributed by atoms with Crippen LogP contribution in [0.4, 0.5) is 5.00 Å². The first-order valence-corrected chi connectivity index (χ1v) is 10.1. The lowest BCUT2D eigenvalue weighted by atomic mass is 10.1. The Morgan fingerprint density at radius 2 is 1.82 bits per heavy atom. The van der Waals surface area contributed by atoms with Gasteiger partial charge in [0.05, 0.1) is 20.6 Å². The molecule has 2 aromatic heterocycles. The predicted octanol–water partition coefficient (Wildman–Crippen LogP) is 4.14. The Bertz CT molecular complexity index is 1010. The van der Waals surface area contributed by atoms with Crippen LogP contribution in [0.3, 0.4) is 0 Å². The molecule has 0 radical (unpaired) electrons. The Balaban J connectivity index is 1.69. The molecule has 0 unspecified atom stereocenters. The minimum Gasteiger partial charge on any atom is -0.451 e. The van der Waals surface area contributed by atoms with Crippen molar-refractivity contribution < 1.29 is 19.1 Å². The summed E-state index contributed by atoms with van der Waals surface area (Å²) in [5, 5.41) is 2.16. The first-order valence-electron chi connectivity index (χ1n) is 7.82. The number of aromatic nitrogens is 1. The number of carbonyl (C=O) groups excluding carboxylic acids is 3. The van der Waals surface area contributed by atoms with Crippen LogP contribution in [0.5, 0.6) is 0 Å². The zero-order chi connectivity index (χ0) is 20.6. The first kappa shape index (κ1) is 21.1. The molecule has 7 nitrogen and oxygen atoms in total. The molecule has 0 fully saturated rings. The zero-order valence-corrected chi connectivity index (χ0v) is 17.7. The number of hydrogen-bond donors (Lipinski definition) is 2. The van der Waals surface area contributed by atoms with Gasteiger partial charge in [0, 0.05) is 4.88 Å². The van der Waals surface area contributed by atoms with Gasteiger partial charge in [0.15, 0.2) is 12.3 Å². The molecule has 0 bridgehead atoms. The predicted molar refractivity (Wildman–Crippen MR) is 108 cm³/mol. The smallest absolute Gasteiger partial charge is 0.359 e. The second kappa shape index (κ2) is 8.42. The van der Waals surface area contributed by atoms with Crippen molar-refractivity contribution in [2.45, 2.75) is 19.3 Å². The van der Waals surface area contributed by atoms with E-state index in [0.29, 0.717) is 10.6 Å². The fourth-order valence-electron chi connectivity index (χ4n) is 2.74. The van der Waals surface area contributed by atoms with Crippen LogP contribution in [0.2, 0.25) is 20.2 Å². The van der Waals surface area contributed by atoms with Crippen LogP contribution in [0.1, 0.15) is 37.7 Å². The van der Waals surface area contributed by atoms with E-state index >= 15 is 0 Å². The summed E-state index contributed by atoms with van der Waals surface area (Å²) in [6, 6.07) is 0. The minimum absolute atomic E-state index is 0.104. The van der Waals surface area contributed by atoms with E-state index in [1.165, 1.54) is 11.3 Å². The normalized spacial score (nSPS) is 12.6. The van der Waals surface area contributed by atoms with Gasteiger partial charge in [-0.3, -0.25) is 9.59 Å². The van der Waals surface area contributed by atoms with Gasteiger partial charge in [0.25, 0.3) is 11.8 Å². The molecular formula is C16H11Cl4N3O4S. The highest BCUT2D eigenvalue weighted by atomic mass is 35.5. The van der Waals surface area contributed by atoms with Gasteiger partial charge in [-0.1, -0.05) is 46.4 Å². The standard InChI is InChI=1S/C16H11Cl4N3O4S/c17-9-10(18)12(23-13(20)11(9)19)16(26)27-4-7(24)22-15-8(14(21)25)5-2-1-3-6(5)28-15/h1-4H2,(H2,21,25)(H,22,24). The SMILES string of the molecule is NC(=O)c1c(NC(=O)COC(=O)c2nc(Cl)c(Cl)c(Cl)c2Cl)sc2c1CCC2. The number of fused-ring (bicyclic) bond motifs is 1. The summed E-state index contributed by atoms with van der Waals surface area (Å²) in [6.07, 6.45) is 2.50. The number of carbonyl (C=O) groups is 3. The molecule has 0 atom stereocenters. The fraction of sp³-hybridized carbons (Fsp3) is 0.250. The molecule has 1 aliphatic carbocycles. The Morgan fingerprint density at radius 1 is 1.11 bits per heavy atom. The van der Waals surface area contributed by atoms with E-state index in [0.717, 1.165) is 29.7 Å². The number of pyridine rings is 1. The number of nitrogens with two attached hydrogens (primary N) is 1.